The molecule has 1 fully saturated rings. The number of benzene rings is 1. The molecular formula is C20H27N7O. The summed E-state index contributed by atoms with van der Waals surface area (Å²) in [6, 6.07) is 7.83. The summed E-state index contributed by atoms with van der Waals surface area (Å²) >= 11 is 0. The van der Waals surface area contributed by atoms with E-state index < -0.39 is 0 Å². The number of piperidine rings is 1. The minimum absolute atomic E-state index is 0.171. The number of rotatable bonds is 6. The van der Waals surface area contributed by atoms with Gasteiger partial charge >= 0.3 is 0 Å². The van der Waals surface area contributed by atoms with Crippen molar-refractivity contribution in [2.45, 2.75) is 45.1 Å². The topological polar surface area (TPSA) is 105 Å². The predicted octanol–water partition coefficient (Wildman–Crippen LogP) is 2.75. The minimum Gasteiger partial charge on any atom is -0.399 e. The van der Waals surface area contributed by atoms with Crippen LogP contribution in [0.15, 0.2) is 30.5 Å². The molecule has 0 saturated carbocycles. The molecule has 148 valence electrons. The molecule has 2 aromatic heterocycles. The number of aryl methyl sites for hydroxylation is 1. The molecule has 0 aliphatic carbocycles. The first-order chi connectivity index (χ1) is 13.7. The third-order valence-electron chi connectivity index (χ3n) is 5.30. The lowest BCUT2D eigenvalue weighted by Gasteiger charge is -2.35. The van der Waals surface area contributed by atoms with E-state index in [0.29, 0.717) is 17.6 Å². The number of aliphatic hydroxyl groups is 1. The van der Waals surface area contributed by atoms with Gasteiger partial charge in [0.15, 0.2) is 5.65 Å². The number of nitrogens with zero attached hydrogens (tertiary/aromatic N) is 5. The van der Waals surface area contributed by atoms with Gasteiger partial charge in [-0.05, 0) is 50.3 Å². The second-order valence-corrected chi connectivity index (χ2v) is 7.21. The SMILES string of the molecule is CCc1cnn2c(Nc3cccc(N)c3)nc(N3CCCCC3CCO)nc12. The molecule has 4 N–H and O–H groups in total. The van der Waals surface area contributed by atoms with Crippen LogP contribution in [-0.4, -0.2) is 43.9 Å². The number of hydrogen-bond acceptors (Lipinski definition) is 7. The molecule has 4 rings (SSSR count). The van der Waals surface area contributed by atoms with Crippen molar-refractivity contribution in [1.82, 2.24) is 19.6 Å². The zero-order chi connectivity index (χ0) is 19.5. The van der Waals surface area contributed by atoms with Crippen molar-refractivity contribution < 1.29 is 5.11 Å². The van der Waals surface area contributed by atoms with Gasteiger partial charge in [0.1, 0.15) is 0 Å². The van der Waals surface area contributed by atoms with Gasteiger partial charge in [-0.15, -0.1) is 0 Å². The Morgan fingerprint density at radius 3 is 2.96 bits per heavy atom. The van der Waals surface area contributed by atoms with E-state index in [1.54, 1.807) is 4.52 Å². The van der Waals surface area contributed by atoms with Crippen LogP contribution in [0.25, 0.3) is 5.65 Å². The Bertz CT molecular complexity index is 953. The lowest BCUT2D eigenvalue weighted by Crippen LogP contribution is -2.41. The van der Waals surface area contributed by atoms with Crippen LogP contribution >= 0.6 is 0 Å². The number of anilines is 4. The van der Waals surface area contributed by atoms with Gasteiger partial charge in [0.25, 0.3) is 0 Å². The fourth-order valence-corrected chi connectivity index (χ4v) is 3.83. The third kappa shape index (κ3) is 3.60. The van der Waals surface area contributed by atoms with Crippen molar-refractivity contribution >= 4 is 28.9 Å². The van der Waals surface area contributed by atoms with Crippen LogP contribution in [0.5, 0.6) is 0 Å². The Labute approximate surface area is 164 Å². The number of nitrogen functional groups attached to an aromatic ring is 1. The van der Waals surface area contributed by atoms with Crippen molar-refractivity contribution in [2.24, 2.45) is 0 Å². The average Bonchev–Trinajstić information content (AvgIpc) is 3.12. The van der Waals surface area contributed by atoms with E-state index in [-0.39, 0.29) is 12.6 Å². The van der Waals surface area contributed by atoms with E-state index in [0.717, 1.165) is 49.1 Å². The van der Waals surface area contributed by atoms with Crippen molar-refractivity contribution in [3.05, 3.63) is 36.0 Å². The minimum atomic E-state index is 0.171. The summed E-state index contributed by atoms with van der Waals surface area (Å²) in [7, 11) is 0. The Morgan fingerprint density at radius 2 is 2.18 bits per heavy atom. The smallest absolute Gasteiger partial charge is 0.233 e. The molecular weight excluding hydrogens is 354 g/mol. The molecule has 28 heavy (non-hydrogen) atoms. The van der Waals surface area contributed by atoms with Gasteiger partial charge in [-0.25, -0.2) is 0 Å². The van der Waals surface area contributed by atoms with E-state index in [9.17, 15) is 5.11 Å². The largest absolute Gasteiger partial charge is 0.399 e. The first-order valence-electron chi connectivity index (χ1n) is 9.94. The van der Waals surface area contributed by atoms with Crippen molar-refractivity contribution in [3.8, 4) is 0 Å². The van der Waals surface area contributed by atoms with Gasteiger partial charge in [0.05, 0.1) is 6.20 Å². The summed E-state index contributed by atoms with van der Waals surface area (Å²) in [4.78, 5) is 11.9. The quantitative estimate of drug-likeness (QED) is 0.564. The van der Waals surface area contributed by atoms with Crippen LogP contribution in [0.1, 0.15) is 38.2 Å². The highest BCUT2D eigenvalue weighted by Crippen LogP contribution is 2.27. The van der Waals surface area contributed by atoms with Crippen LogP contribution in [0, 0.1) is 0 Å². The van der Waals surface area contributed by atoms with Crippen LogP contribution in [0.2, 0.25) is 0 Å². The highest BCUT2D eigenvalue weighted by Gasteiger charge is 2.26. The maximum absolute atomic E-state index is 9.47. The standard InChI is InChI=1S/C20H27N7O/c1-2-14-13-22-27-18(14)24-19(26-10-4-3-8-17(26)9-11-28)25-20(27)23-16-7-5-6-15(21)12-16/h5-7,12-13,17,28H,2-4,8-11,21H2,1H3,(H,23,24,25). The molecule has 1 aliphatic heterocycles. The van der Waals surface area contributed by atoms with Gasteiger partial charge in [-0.1, -0.05) is 13.0 Å². The molecule has 1 atom stereocenters. The van der Waals surface area contributed by atoms with Gasteiger partial charge in [-0.3, -0.25) is 0 Å². The summed E-state index contributed by atoms with van der Waals surface area (Å²) in [5.74, 6) is 1.30. The molecule has 1 aliphatic rings. The number of nitrogens with one attached hydrogen (secondary N) is 1. The first-order valence-corrected chi connectivity index (χ1v) is 9.94. The summed E-state index contributed by atoms with van der Waals surface area (Å²) in [5, 5.41) is 17.3. The molecule has 8 heteroatoms. The van der Waals surface area contributed by atoms with Crippen molar-refractivity contribution in [1.29, 1.82) is 0 Å². The lowest BCUT2D eigenvalue weighted by atomic mass is 10.0. The fraction of sp³-hybridized carbons (Fsp3) is 0.450. The molecule has 0 radical (unpaired) electrons. The van der Waals surface area contributed by atoms with Gasteiger partial charge in [0, 0.05) is 36.1 Å². The van der Waals surface area contributed by atoms with E-state index in [1.807, 2.05) is 30.5 Å². The molecule has 0 bridgehead atoms. The second-order valence-electron chi connectivity index (χ2n) is 7.21. The van der Waals surface area contributed by atoms with Crippen LogP contribution in [-0.2, 0) is 6.42 Å². The Kier molecular flexibility index (Phi) is 5.29. The molecule has 0 amide bonds. The lowest BCUT2D eigenvalue weighted by molar-refractivity contribution is 0.261. The predicted molar refractivity (Wildman–Crippen MR) is 111 cm³/mol. The molecule has 3 heterocycles. The number of nitrogens with two attached hydrogens (primary N) is 1. The summed E-state index contributed by atoms with van der Waals surface area (Å²) in [5.41, 5.74) is 9.35. The van der Waals surface area contributed by atoms with Gasteiger partial charge in [0.2, 0.25) is 11.9 Å². The highest BCUT2D eigenvalue weighted by molar-refractivity contribution is 5.63. The Balaban J connectivity index is 1.78. The maximum atomic E-state index is 9.47. The van der Waals surface area contributed by atoms with E-state index in [2.05, 4.69) is 22.2 Å². The molecule has 1 unspecified atom stereocenters. The maximum Gasteiger partial charge on any atom is 0.233 e. The normalized spacial score (nSPS) is 17.2. The monoisotopic (exact) mass is 381 g/mol. The number of hydrogen-bond donors (Lipinski definition) is 3. The zero-order valence-corrected chi connectivity index (χ0v) is 16.2. The fourth-order valence-electron chi connectivity index (χ4n) is 3.83. The van der Waals surface area contributed by atoms with Crippen molar-refractivity contribution in [2.75, 3.05) is 29.1 Å². The summed E-state index contributed by atoms with van der Waals surface area (Å²) in [6.07, 6.45) is 6.75. The zero-order valence-electron chi connectivity index (χ0n) is 16.2. The molecule has 1 aromatic carbocycles. The number of aliphatic hydroxyl groups excluding tert-OH is 1. The summed E-state index contributed by atoms with van der Waals surface area (Å²) < 4.78 is 1.75. The van der Waals surface area contributed by atoms with Gasteiger partial charge in [-0.2, -0.15) is 19.6 Å². The Hall–Kier alpha value is -2.87. The van der Waals surface area contributed by atoms with Crippen LogP contribution in [0.4, 0.5) is 23.3 Å². The third-order valence-corrected chi connectivity index (χ3v) is 5.30. The van der Waals surface area contributed by atoms with E-state index in [1.165, 1.54) is 6.42 Å². The van der Waals surface area contributed by atoms with Crippen molar-refractivity contribution in [3.63, 3.8) is 0 Å². The molecule has 0 spiro atoms. The summed E-state index contributed by atoms with van der Waals surface area (Å²) in [6.45, 7) is 3.16. The highest BCUT2D eigenvalue weighted by atomic mass is 16.3. The average molecular weight is 381 g/mol. The first kappa shape index (κ1) is 18.5. The van der Waals surface area contributed by atoms with E-state index >= 15 is 0 Å². The Morgan fingerprint density at radius 1 is 1.29 bits per heavy atom. The molecule has 3 aromatic rings. The molecule has 8 nitrogen and oxygen atoms in total. The van der Waals surface area contributed by atoms with Gasteiger partial charge < -0.3 is 21.1 Å². The van der Waals surface area contributed by atoms with E-state index in [4.69, 9.17) is 15.7 Å². The molecule has 1 saturated heterocycles. The van der Waals surface area contributed by atoms with Crippen LogP contribution < -0.4 is 16.0 Å². The van der Waals surface area contributed by atoms with Crippen LogP contribution in [0.3, 0.4) is 0 Å². The second kappa shape index (κ2) is 8.02. The number of aromatic nitrogens is 4. The number of fused-ring (bicyclic) bond motifs is 1.